The van der Waals surface area contributed by atoms with Crippen LogP contribution in [-0.2, 0) is 20.8 Å². The number of hydrogen-bond donors (Lipinski definition) is 1. The molecule has 1 N–H and O–H groups in total. The monoisotopic (exact) mass is 362 g/mol. The zero-order valence-corrected chi connectivity index (χ0v) is 16.2. The Morgan fingerprint density at radius 3 is 2.54 bits per heavy atom. The summed E-state index contributed by atoms with van der Waals surface area (Å²) in [6.07, 6.45) is 0.184. The molecule has 144 valence electrons. The highest BCUT2D eigenvalue weighted by atomic mass is 16.6. The van der Waals surface area contributed by atoms with Crippen LogP contribution in [0.25, 0.3) is 0 Å². The van der Waals surface area contributed by atoms with Gasteiger partial charge >= 0.3 is 12.1 Å². The lowest BCUT2D eigenvalue weighted by atomic mass is 9.91. The van der Waals surface area contributed by atoms with E-state index in [0.717, 1.165) is 13.1 Å². The molecule has 1 saturated heterocycles. The van der Waals surface area contributed by atoms with E-state index in [2.05, 4.69) is 22.3 Å². The van der Waals surface area contributed by atoms with Crippen LogP contribution < -0.4 is 5.32 Å². The predicted octanol–water partition coefficient (Wildman–Crippen LogP) is 2.96. The maximum atomic E-state index is 12.4. The van der Waals surface area contributed by atoms with Gasteiger partial charge in [0.2, 0.25) is 0 Å². The highest BCUT2D eigenvalue weighted by molar-refractivity contribution is 5.75. The lowest BCUT2D eigenvalue weighted by Crippen LogP contribution is -2.54. The molecule has 0 saturated carbocycles. The highest BCUT2D eigenvalue weighted by Crippen LogP contribution is 2.21. The van der Waals surface area contributed by atoms with Crippen molar-refractivity contribution in [1.82, 2.24) is 10.2 Å². The number of carbonyl (C=O) groups excluding carboxylic acids is 2. The van der Waals surface area contributed by atoms with Gasteiger partial charge in [-0.1, -0.05) is 30.3 Å². The molecule has 1 fully saturated rings. The fourth-order valence-electron chi connectivity index (χ4n) is 3.12. The van der Waals surface area contributed by atoms with Crippen molar-refractivity contribution in [2.45, 2.75) is 52.3 Å². The Labute approximate surface area is 155 Å². The minimum Gasteiger partial charge on any atom is -0.466 e. The van der Waals surface area contributed by atoms with Crippen LogP contribution in [0.1, 0.15) is 39.7 Å². The van der Waals surface area contributed by atoms with Crippen LogP contribution in [0.5, 0.6) is 0 Å². The van der Waals surface area contributed by atoms with Crippen LogP contribution in [0, 0.1) is 5.92 Å². The molecule has 1 heterocycles. The molecule has 6 heteroatoms. The zero-order chi connectivity index (χ0) is 19.2. The smallest absolute Gasteiger partial charge is 0.407 e. The van der Waals surface area contributed by atoms with Crippen LogP contribution >= 0.6 is 0 Å². The van der Waals surface area contributed by atoms with E-state index < -0.39 is 17.6 Å². The molecule has 0 bridgehead atoms. The van der Waals surface area contributed by atoms with Crippen LogP contribution in [0.3, 0.4) is 0 Å². The molecule has 26 heavy (non-hydrogen) atoms. The third-order valence-electron chi connectivity index (χ3n) is 4.24. The molecule has 1 amide bonds. The molecule has 1 aromatic carbocycles. The van der Waals surface area contributed by atoms with E-state index in [9.17, 15) is 9.59 Å². The molecule has 2 rings (SSSR count). The maximum absolute atomic E-state index is 12.4. The standard InChI is InChI=1S/C20H30N2O4/c1-5-25-18(23)16-14-22(13-15-9-7-6-8-10-15)12-11-17(16)21-19(24)26-20(2,3)4/h6-10,16-17H,5,11-14H2,1-4H3,(H,21,24). The van der Waals surface area contributed by atoms with Gasteiger partial charge in [-0.3, -0.25) is 9.69 Å². The fourth-order valence-corrected chi connectivity index (χ4v) is 3.12. The average Bonchev–Trinajstić information content (AvgIpc) is 2.55. The summed E-state index contributed by atoms with van der Waals surface area (Å²) in [5.41, 5.74) is 0.631. The maximum Gasteiger partial charge on any atom is 0.407 e. The molecule has 1 aliphatic heterocycles. The molecule has 0 aliphatic carbocycles. The summed E-state index contributed by atoms with van der Waals surface area (Å²) >= 11 is 0. The molecule has 2 unspecified atom stereocenters. The molecular weight excluding hydrogens is 332 g/mol. The number of piperidine rings is 1. The lowest BCUT2D eigenvalue weighted by Gasteiger charge is -2.37. The van der Waals surface area contributed by atoms with Gasteiger partial charge < -0.3 is 14.8 Å². The molecule has 1 aromatic rings. The van der Waals surface area contributed by atoms with E-state index in [1.165, 1.54) is 5.56 Å². The van der Waals surface area contributed by atoms with Crippen molar-refractivity contribution in [3.63, 3.8) is 0 Å². The molecule has 0 spiro atoms. The van der Waals surface area contributed by atoms with Gasteiger partial charge in [0.1, 0.15) is 5.60 Å². The van der Waals surface area contributed by atoms with E-state index in [1.54, 1.807) is 6.92 Å². The molecule has 0 radical (unpaired) electrons. The number of nitrogens with zero attached hydrogens (tertiary/aromatic N) is 1. The van der Waals surface area contributed by atoms with Crippen molar-refractivity contribution in [2.24, 2.45) is 5.92 Å². The van der Waals surface area contributed by atoms with Gasteiger partial charge in [-0.2, -0.15) is 0 Å². The number of benzene rings is 1. The number of nitrogens with one attached hydrogen (secondary N) is 1. The summed E-state index contributed by atoms with van der Waals surface area (Å²) in [4.78, 5) is 26.8. The third-order valence-corrected chi connectivity index (χ3v) is 4.24. The molecular formula is C20H30N2O4. The summed E-state index contributed by atoms with van der Waals surface area (Å²) in [6, 6.07) is 9.87. The van der Waals surface area contributed by atoms with Gasteiger partial charge in [0, 0.05) is 25.7 Å². The summed E-state index contributed by atoms with van der Waals surface area (Å²) < 4.78 is 10.6. The number of carbonyl (C=O) groups is 2. The van der Waals surface area contributed by atoms with E-state index >= 15 is 0 Å². The first-order chi connectivity index (χ1) is 12.3. The minimum atomic E-state index is -0.572. The topological polar surface area (TPSA) is 67.9 Å². The average molecular weight is 362 g/mol. The van der Waals surface area contributed by atoms with Crippen molar-refractivity contribution >= 4 is 12.1 Å². The first-order valence-corrected chi connectivity index (χ1v) is 9.21. The van der Waals surface area contributed by atoms with Crippen LogP contribution in [0.2, 0.25) is 0 Å². The van der Waals surface area contributed by atoms with Crippen molar-refractivity contribution < 1.29 is 19.1 Å². The zero-order valence-electron chi connectivity index (χ0n) is 16.2. The van der Waals surface area contributed by atoms with Gasteiger partial charge in [-0.25, -0.2) is 4.79 Å². The fraction of sp³-hybridized carbons (Fsp3) is 0.600. The Kier molecular flexibility index (Phi) is 7.03. The van der Waals surface area contributed by atoms with Crippen molar-refractivity contribution in [2.75, 3.05) is 19.7 Å². The Balaban J connectivity index is 2.02. The first kappa shape index (κ1) is 20.2. The van der Waals surface area contributed by atoms with Crippen LogP contribution in [0.15, 0.2) is 30.3 Å². The third kappa shape index (κ3) is 6.33. The molecule has 1 aliphatic rings. The van der Waals surface area contributed by atoms with Gasteiger partial charge in [-0.15, -0.1) is 0 Å². The van der Waals surface area contributed by atoms with Gasteiger partial charge in [0.15, 0.2) is 0 Å². The number of hydrogen-bond acceptors (Lipinski definition) is 5. The van der Waals surface area contributed by atoms with E-state index in [-0.39, 0.29) is 12.0 Å². The first-order valence-electron chi connectivity index (χ1n) is 9.21. The second kappa shape index (κ2) is 9.03. The van der Waals surface area contributed by atoms with Crippen LogP contribution in [0.4, 0.5) is 4.79 Å². The quantitative estimate of drug-likeness (QED) is 0.816. The van der Waals surface area contributed by atoms with E-state index in [0.29, 0.717) is 19.6 Å². The summed E-state index contributed by atoms with van der Waals surface area (Å²) in [6.45, 7) is 9.69. The number of ether oxygens (including phenoxy) is 2. The Morgan fingerprint density at radius 2 is 1.92 bits per heavy atom. The number of alkyl carbamates (subject to hydrolysis) is 1. The Hall–Kier alpha value is -2.08. The number of rotatable bonds is 5. The van der Waals surface area contributed by atoms with E-state index in [1.807, 2.05) is 39.0 Å². The van der Waals surface area contributed by atoms with Gasteiger partial charge in [0.25, 0.3) is 0 Å². The second-order valence-corrected chi connectivity index (χ2v) is 7.62. The SMILES string of the molecule is CCOC(=O)C1CN(Cc2ccccc2)CCC1NC(=O)OC(C)(C)C. The largest absolute Gasteiger partial charge is 0.466 e. The summed E-state index contributed by atoms with van der Waals surface area (Å²) in [7, 11) is 0. The van der Waals surface area contributed by atoms with E-state index in [4.69, 9.17) is 9.47 Å². The van der Waals surface area contributed by atoms with Gasteiger partial charge in [-0.05, 0) is 39.7 Å². The number of likely N-dealkylation sites (tertiary alicyclic amines) is 1. The Bertz CT molecular complexity index is 598. The van der Waals surface area contributed by atoms with Gasteiger partial charge in [0.05, 0.1) is 12.5 Å². The van der Waals surface area contributed by atoms with Crippen LogP contribution in [-0.4, -0.2) is 48.3 Å². The number of amides is 1. The normalized spacial score (nSPS) is 21.1. The predicted molar refractivity (Wildman–Crippen MR) is 99.6 cm³/mol. The summed E-state index contributed by atoms with van der Waals surface area (Å²) in [5.74, 6) is -0.675. The van der Waals surface area contributed by atoms with Crippen molar-refractivity contribution in [3.05, 3.63) is 35.9 Å². The highest BCUT2D eigenvalue weighted by Gasteiger charge is 2.37. The minimum absolute atomic E-state index is 0.272. The second-order valence-electron chi connectivity index (χ2n) is 7.62. The molecule has 2 atom stereocenters. The lowest BCUT2D eigenvalue weighted by molar-refractivity contribution is -0.151. The molecule has 6 nitrogen and oxygen atoms in total. The summed E-state index contributed by atoms with van der Waals surface area (Å²) in [5, 5.41) is 2.86. The molecule has 0 aromatic heterocycles. The van der Waals surface area contributed by atoms with Crippen molar-refractivity contribution in [3.8, 4) is 0 Å². The number of esters is 1. The Morgan fingerprint density at radius 1 is 1.23 bits per heavy atom. The van der Waals surface area contributed by atoms with Crippen molar-refractivity contribution in [1.29, 1.82) is 0 Å².